The highest BCUT2D eigenvalue weighted by Gasteiger charge is 2.25. The van der Waals surface area contributed by atoms with E-state index in [1.54, 1.807) is 0 Å². The third kappa shape index (κ3) is 3.47. The molecule has 2 N–H and O–H groups in total. The fourth-order valence-electron chi connectivity index (χ4n) is 2.45. The van der Waals surface area contributed by atoms with Crippen LogP contribution in [0.3, 0.4) is 0 Å². The van der Waals surface area contributed by atoms with Gasteiger partial charge in [-0.3, -0.25) is 4.90 Å². The van der Waals surface area contributed by atoms with Crippen molar-refractivity contribution in [3.05, 3.63) is 29.8 Å². The molecule has 2 atom stereocenters. The van der Waals surface area contributed by atoms with Gasteiger partial charge in [0.15, 0.2) is 0 Å². The van der Waals surface area contributed by atoms with Crippen molar-refractivity contribution in [2.75, 3.05) is 26.2 Å². The van der Waals surface area contributed by atoms with E-state index < -0.39 is 0 Å². The highest BCUT2D eigenvalue weighted by atomic mass is 16.5. The predicted octanol–water partition coefficient (Wildman–Crippen LogP) is 2.11. The zero-order valence-electron chi connectivity index (χ0n) is 11.4. The van der Waals surface area contributed by atoms with Crippen LogP contribution in [0.5, 0.6) is 5.75 Å². The Balaban J connectivity index is 1.72. The van der Waals surface area contributed by atoms with E-state index in [-0.39, 0.29) is 0 Å². The first-order chi connectivity index (χ1) is 8.69. The zero-order valence-corrected chi connectivity index (χ0v) is 11.4. The quantitative estimate of drug-likeness (QED) is 0.867. The molecule has 1 aromatic carbocycles. The molecule has 1 fully saturated rings. The number of likely N-dealkylation sites (tertiary alicyclic amines) is 1. The van der Waals surface area contributed by atoms with E-state index in [2.05, 4.69) is 18.7 Å². The first-order valence-electron chi connectivity index (χ1n) is 6.83. The standard InChI is InChI=1S/C15H24N2O/c1-12-10-17(11-13(12)2)7-8-18-15-5-3-14(9-16)4-6-15/h3-6,12-13H,7-11,16H2,1-2H3. The van der Waals surface area contributed by atoms with Gasteiger partial charge in [-0.25, -0.2) is 0 Å². The van der Waals surface area contributed by atoms with Gasteiger partial charge in [-0.05, 0) is 29.5 Å². The summed E-state index contributed by atoms with van der Waals surface area (Å²) in [5, 5.41) is 0. The molecular weight excluding hydrogens is 224 g/mol. The Morgan fingerprint density at radius 2 is 1.78 bits per heavy atom. The van der Waals surface area contributed by atoms with E-state index in [9.17, 15) is 0 Å². The molecule has 1 aliphatic rings. The van der Waals surface area contributed by atoms with Crippen LogP contribution in [0.15, 0.2) is 24.3 Å². The fraction of sp³-hybridized carbons (Fsp3) is 0.600. The van der Waals surface area contributed by atoms with Gasteiger partial charge in [-0.2, -0.15) is 0 Å². The van der Waals surface area contributed by atoms with Crippen molar-refractivity contribution in [3.63, 3.8) is 0 Å². The third-order valence-corrected chi connectivity index (χ3v) is 3.90. The van der Waals surface area contributed by atoms with Crippen LogP contribution in [0.25, 0.3) is 0 Å². The lowest BCUT2D eigenvalue weighted by atomic mass is 10.0. The van der Waals surface area contributed by atoms with Gasteiger partial charge in [0, 0.05) is 26.2 Å². The maximum atomic E-state index is 5.76. The molecule has 18 heavy (non-hydrogen) atoms. The van der Waals surface area contributed by atoms with Gasteiger partial charge in [0.1, 0.15) is 12.4 Å². The summed E-state index contributed by atoms with van der Waals surface area (Å²) in [4.78, 5) is 2.49. The summed E-state index contributed by atoms with van der Waals surface area (Å²) in [6.07, 6.45) is 0. The largest absolute Gasteiger partial charge is 0.492 e. The van der Waals surface area contributed by atoms with Crippen LogP contribution in [-0.4, -0.2) is 31.1 Å². The summed E-state index contributed by atoms with van der Waals surface area (Å²) in [7, 11) is 0. The van der Waals surface area contributed by atoms with Crippen molar-refractivity contribution < 1.29 is 4.74 Å². The number of hydrogen-bond donors (Lipinski definition) is 1. The molecule has 0 saturated carbocycles. The van der Waals surface area contributed by atoms with Gasteiger partial charge in [0.2, 0.25) is 0 Å². The number of nitrogens with zero attached hydrogens (tertiary/aromatic N) is 1. The molecule has 2 rings (SSSR count). The topological polar surface area (TPSA) is 38.5 Å². The van der Waals surface area contributed by atoms with Gasteiger partial charge < -0.3 is 10.5 Å². The Morgan fingerprint density at radius 3 is 2.33 bits per heavy atom. The van der Waals surface area contributed by atoms with Crippen LogP contribution >= 0.6 is 0 Å². The summed E-state index contributed by atoms with van der Waals surface area (Å²) in [6.45, 7) is 9.44. The second kappa shape index (κ2) is 6.21. The van der Waals surface area contributed by atoms with E-state index in [0.29, 0.717) is 6.54 Å². The van der Waals surface area contributed by atoms with Crippen LogP contribution in [0.4, 0.5) is 0 Å². The summed E-state index contributed by atoms with van der Waals surface area (Å²) >= 11 is 0. The van der Waals surface area contributed by atoms with Crippen molar-refractivity contribution >= 4 is 0 Å². The van der Waals surface area contributed by atoms with Crippen molar-refractivity contribution in [2.45, 2.75) is 20.4 Å². The molecule has 3 nitrogen and oxygen atoms in total. The Morgan fingerprint density at radius 1 is 1.17 bits per heavy atom. The van der Waals surface area contributed by atoms with Crippen molar-refractivity contribution in [3.8, 4) is 5.75 Å². The molecule has 0 spiro atoms. The monoisotopic (exact) mass is 248 g/mol. The molecule has 1 saturated heterocycles. The van der Waals surface area contributed by atoms with Crippen LogP contribution < -0.4 is 10.5 Å². The maximum Gasteiger partial charge on any atom is 0.119 e. The Kier molecular flexibility index (Phi) is 4.61. The van der Waals surface area contributed by atoms with Crippen LogP contribution in [0, 0.1) is 11.8 Å². The molecule has 0 bridgehead atoms. The second-order valence-electron chi connectivity index (χ2n) is 5.41. The molecule has 1 aliphatic heterocycles. The Bertz CT molecular complexity index is 353. The van der Waals surface area contributed by atoms with Gasteiger partial charge in [-0.15, -0.1) is 0 Å². The van der Waals surface area contributed by atoms with E-state index in [4.69, 9.17) is 10.5 Å². The summed E-state index contributed by atoms with van der Waals surface area (Å²) < 4.78 is 5.76. The van der Waals surface area contributed by atoms with Gasteiger partial charge in [-0.1, -0.05) is 26.0 Å². The summed E-state index contributed by atoms with van der Waals surface area (Å²) in [5.74, 6) is 2.56. The average molecular weight is 248 g/mol. The predicted molar refractivity (Wildman–Crippen MR) is 74.6 cm³/mol. The highest BCUT2D eigenvalue weighted by molar-refractivity contribution is 5.27. The average Bonchev–Trinajstić information content (AvgIpc) is 2.69. The summed E-state index contributed by atoms with van der Waals surface area (Å²) in [5.41, 5.74) is 6.70. The molecule has 1 heterocycles. The minimum absolute atomic E-state index is 0.587. The molecule has 2 unspecified atom stereocenters. The van der Waals surface area contributed by atoms with Gasteiger partial charge in [0.05, 0.1) is 0 Å². The molecule has 0 radical (unpaired) electrons. The lowest BCUT2D eigenvalue weighted by molar-refractivity contribution is 0.232. The Hall–Kier alpha value is -1.06. The molecular formula is C15H24N2O. The van der Waals surface area contributed by atoms with E-state index in [1.807, 2.05) is 24.3 Å². The molecule has 1 aromatic rings. The number of rotatable bonds is 5. The lowest BCUT2D eigenvalue weighted by Gasteiger charge is -2.15. The maximum absolute atomic E-state index is 5.76. The minimum atomic E-state index is 0.587. The Labute approximate surface area is 110 Å². The molecule has 0 amide bonds. The van der Waals surface area contributed by atoms with E-state index in [0.717, 1.165) is 36.3 Å². The minimum Gasteiger partial charge on any atom is -0.492 e. The lowest BCUT2D eigenvalue weighted by Crippen LogP contribution is -2.26. The molecule has 100 valence electrons. The second-order valence-corrected chi connectivity index (χ2v) is 5.41. The molecule has 3 heteroatoms. The molecule has 0 aliphatic carbocycles. The first kappa shape index (κ1) is 13.4. The number of nitrogens with two attached hydrogens (primary N) is 1. The fourth-order valence-corrected chi connectivity index (χ4v) is 2.45. The van der Waals surface area contributed by atoms with Crippen LogP contribution in [0.1, 0.15) is 19.4 Å². The highest BCUT2D eigenvalue weighted by Crippen LogP contribution is 2.21. The van der Waals surface area contributed by atoms with Gasteiger partial charge >= 0.3 is 0 Å². The first-order valence-corrected chi connectivity index (χ1v) is 6.83. The van der Waals surface area contributed by atoms with Gasteiger partial charge in [0.25, 0.3) is 0 Å². The number of ether oxygens (including phenoxy) is 1. The van der Waals surface area contributed by atoms with Crippen molar-refractivity contribution in [1.82, 2.24) is 4.90 Å². The van der Waals surface area contributed by atoms with Crippen LogP contribution in [0.2, 0.25) is 0 Å². The normalized spacial score (nSPS) is 24.4. The number of hydrogen-bond acceptors (Lipinski definition) is 3. The smallest absolute Gasteiger partial charge is 0.119 e. The van der Waals surface area contributed by atoms with Crippen molar-refractivity contribution in [1.29, 1.82) is 0 Å². The zero-order chi connectivity index (χ0) is 13.0. The van der Waals surface area contributed by atoms with E-state index in [1.165, 1.54) is 13.1 Å². The summed E-state index contributed by atoms with van der Waals surface area (Å²) in [6, 6.07) is 8.04. The molecule has 0 aromatic heterocycles. The van der Waals surface area contributed by atoms with Crippen LogP contribution in [-0.2, 0) is 6.54 Å². The van der Waals surface area contributed by atoms with Crippen molar-refractivity contribution in [2.24, 2.45) is 17.6 Å². The number of benzene rings is 1. The SMILES string of the molecule is CC1CN(CCOc2ccc(CN)cc2)CC1C. The third-order valence-electron chi connectivity index (χ3n) is 3.90. The van der Waals surface area contributed by atoms with E-state index >= 15 is 0 Å².